The molecule has 2 heterocycles. The van der Waals surface area contributed by atoms with E-state index in [0.717, 1.165) is 0 Å². The normalized spacial score (nSPS) is 15.9. The fourth-order valence-corrected chi connectivity index (χ4v) is 2.19. The molecule has 0 unspecified atom stereocenters. The van der Waals surface area contributed by atoms with Gasteiger partial charge in [-0.3, -0.25) is 14.6 Å². The van der Waals surface area contributed by atoms with Crippen LogP contribution < -0.4 is 5.32 Å². The molecule has 1 aliphatic rings. The van der Waals surface area contributed by atoms with E-state index in [1.165, 1.54) is 24.5 Å². The first kappa shape index (κ1) is 14.9. The SMILES string of the molecule is O=C1NC(=Cc2ccc(Cl)cc2)C(=O)N1C(=O)c1cccnc1. The Kier molecular flexibility index (Phi) is 3.91. The molecule has 0 saturated carbocycles. The molecule has 1 aromatic carbocycles. The molecule has 1 fully saturated rings. The van der Waals surface area contributed by atoms with Gasteiger partial charge in [0.1, 0.15) is 5.70 Å². The van der Waals surface area contributed by atoms with E-state index in [1.54, 1.807) is 30.3 Å². The zero-order valence-corrected chi connectivity index (χ0v) is 12.4. The van der Waals surface area contributed by atoms with Gasteiger partial charge in [-0.25, -0.2) is 4.79 Å². The standard InChI is InChI=1S/C16H10ClN3O3/c17-12-5-3-10(4-6-12)8-13-15(22)20(16(23)19-13)14(21)11-2-1-7-18-9-11/h1-9H,(H,19,23). The Morgan fingerprint density at radius 2 is 1.91 bits per heavy atom. The van der Waals surface area contributed by atoms with E-state index in [-0.39, 0.29) is 11.3 Å². The average molecular weight is 328 g/mol. The molecule has 0 atom stereocenters. The first-order valence-corrected chi connectivity index (χ1v) is 7.01. The summed E-state index contributed by atoms with van der Waals surface area (Å²) >= 11 is 5.80. The number of carbonyl (C=O) groups excluding carboxylic acids is 3. The molecule has 0 aliphatic carbocycles. The van der Waals surface area contributed by atoms with Crippen molar-refractivity contribution in [1.29, 1.82) is 0 Å². The van der Waals surface area contributed by atoms with Crippen LogP contribution in [-0.2, 0) is 4.79 Å². The molecular weight excluding hydrogens is 318 g/mol. The largest absolute Gasteiger partial charge is 0.336 e. The fraction of sp³-hybridized carbons (Fsp3) is 0. The van der Waals surface area contributed by atoms with Crippen molar-refractivity contribution in [2.24, 2.45) is 0 Å². The maximum Gasteiger partial charge on any atom is 0.336 e. The van der Waals surface area contributed by atoms with Gasteiger partial charge in [0.25, 0.3) is 11.8 Å². The van der Waals surface area contributed by atoms with E-state index >= 15 is 0 Å². The minimum Gasteiger partial charge on any atom is -0.302 e. The Hall–Kier alpha value is -2.99. The first-order chi connectivity index (χ1) is 11.1. The molecule has 1 aromatic heterocycles. The van der Waals surface area contributed by atoms with Gasteiger partial charge in [0.2, 0.25) is 0 Å². The summed E-state index contributed by atoms with van der Waals surface area (Å²) in [7, 11) is 0. The van der Waals surface area contributed by atoms with Crippen molar-refractivity contribution in [3.8, 4) is 0 Å². The number of aromatic nitrogens is 1. The molecule has 0 radical (unpaired) electrons. The van der Waals surface area contributed by atoms with E-state index in [4.69, 9.17) is 11.6 Å². The zero-order valence-electron chi connectivity index (χ0n) is 11.7. The van der Waals surface area contributed by atoms with Gasteiger partial charge in [0.15, 0.2) is 0 Å². The third kappa shape index (κ3) is 2.97. The molecule has 3 rings (SSSR count). The van der Waals surface area contributed by atoms with Crippen LogP contribution in [0.1, 0.15) is 15.9 Å². The van der Waals surface area contributed by atoms with Crippen LogP contribution in [0.15, 0.2) is 54.5 Å². The lowest BCUT2D eigenvalue weighted by atomic mass is 10.2. The van der Waals surface area contributed by atoms with Crippen LogP contribution in [0.3, 0.4) is 0 Å². The molecule has 0 bridgehead atoms. The van der Waals surface area contributed by atoms with Crippen molar-refractivity contribution in [2.45, 2.75) is 0 Å². The lowest BCUT2D eigenvalue weighted by Crippen LogP contribution is -2.36. The Labute approximate surface area is 136 Å². The number of carbonyl (C=O) groups is 3. The van der Waals surface area contributed by atoms with E-state index < -0.39 is 17.8 Å². The molecule has 114 valence electrons. The molecular formula is C16H10ClN3O3. The molecule has 1 saturated heterocycles. The fourth-order valence-electron chi connectivity index (χ4n) is 2.06. The van der Waals surface area contributed by atoms with Crippen molar-refractivity contribution in [2.75, 3.05) is 0 Å². The molecule has 6 nitrogen and oxygen atoms in total. The van der Waals surface area contributed by atoms with Crippen molar-refractivity contribution in [3.63, 3.8) is 0 Å². The number of amides is 4. The first-order valence-electron chi connectivity index (χ1n) is 6.63. The van der Waals surface area contributed by atoms with Crippen molar-refractivity contribution < 1.29 is 14.4 Å². The quantitative estimate of drug-likeness (QED) is 0.522. The molecule has 1 N–H and O–H groups in total. The lowest BCUT2D eigenvalue weighted by Gasteiger charge is -2.09. The van der Waals surface area contributed by atoms with E-state index in [0.29, 0.717) is 15.5 Å². The highest BCUT2D eigenvalue weighted by atomic mass is 35.5. The number of rotatable bonds is 2. The van der Waals surface area contributed by atoms with Gasteiger partial charge >= 0.3 is 6.03 Å². The minimum atomic E-state index is -0.788. The topological polar surface area (TPSA) is 79.4 Å². The third-order valence-corrected chi connectivity index (χ3v) is 3.42. The van der Waals surface area contributed by atoms with Gasteiger partial charge < -0.3 is 5.32 Å². The van der Waals surface area contributed by atoms with Crippen LogP contribution >= 0.6 is 11.6 Å². The number of hydrogen-bond acceptors (Lipinski definition) is 4. The summed E-state index contributed by atoms with van der Waals surface area (Å²) in [6.07, 6.45) is 4.27. The third-order valence-electron chi connectivity index (χ3n) is 3.17. The number of hydrogen-bond donors (Lipinski definition) is 1. The molecule has 0 spiro atoms. The summed E-state index contributed by atoms with van der Waals surface area (Å²) in [6, 6.07) is 8.96. The van der Waals surface area contributed by atoms with Crippen LogP contribution in [0.5, 0.6) is 0 Å². The van der Waals surface area contributed by atoms with E-state index in [9.17, 15) is 14.4 Å². The van der Waals surface area contributed by atoms with Crippen molar-refractivity contribution in [3.05, 3.63) is 70.6 Å². The number of imide groups is 3. The number of pyridine rings is 1. The lowest BCUT2D eigenvalue weighted by molar-refractivity contribution is -0.121. The number of halogens is 1. The number of nitrogens with one attached hydrogen (secondary N) is 1. The summed E-state index contributed by atoms with van der Waals surface area (Å²) in [6.45, 7) is 0. The monoisotopic (exact) mass is 327 g/mol. The molecule has 23 heavy (non-hydrogen) atoms. The second-order valence-electron chi connectivity index (χ2n) is 4.73. The van der Waals surface area contributed by atoms with Gasteiger partial charge in [-0.1, -0.05) is 23.7 Å². The molecule has 4 amide bonds. The van der Waals surface area contributed by atoms with E-state index in [1.807, 2.05) is 0 Å². The Morgan fingerprint density at radius 1 is 1.17 bits per heavy atom. The Morgan fingerprint density at radius 3 is 2.57 bits per heavy atom. The predicted octanol–water partition coefficient (Wildman–Crippen LogP) is 2.47. The maximum absolute atomic E-state index is 12.3. The van der Waals surface area contributed by atoms with Crippen LogP contribution in [0.25, 0.3) is 6.08 Å². The predicted molar refractivity (Wildman–Crippen MR) is 83.4 cm³/mol. The zero-order chi connectivity index (χ0) is 16.4. The number of benzene rings is 1. The number of urea groups is 1. The van der Waals surface area contributed by atoms with Gasteiger partial charge in [0, 0.05) is 17.4 Å². The summed E-state index contributed by atoms with van der Waals surface area (Å²) in [5.74, 6) is -1.43. The minimum absolute atomic E-state index is 0.0227. The smallest absolute Gasteiger partial charge is 0.302 e. The summed E-state index contributed by atoms with van der Waals surface area (Å²) in [5.41, 5.74) is 0.854. The Balaban J connectivity index is 1.88. The number of nitrogens with zero attached hydrogens (tertiary/aromatic N) is 2. The second kappa shape index (κ2) is 6.02. The van der Waals surface area contributed by atoms with Crippen LogP contribution in [0.4, 0.5) is 4.79 Å². The molecule has 7 heteroatoms. The summed E-state index contributed by atoms with van der Waals surface area (Å²) in [4.78, 5) is 40.9. The maximum atomic E-state index is 12.3. The van der Waals surface area contributed by atoms with Crippen molar-refractivity contribution >= 4 is 35.5 Å². The van der Waals surface area contributed by atoms with E-state index in [2.05, 4.69) is 10.3 Å². The highest BCUT2D eigenvalue weighted by Crippen LogP contribution is 2.18. The average Bonchev–Trinajstić information content (AvgIpc) is 2.84. The van der Waals surface area contributed by atoms with Crippen LogP contribution in [-0.4, -0.2) is 27.7 Å². The summed E-state index contributed by atoms with van der Waals surface area (Å²) in [5, 5.41) is 2.95. The molecule has 1 aliphatic heterocycles. The molecule has 2 aromatic rings. The van der Waals surface area contributed by atoms with Crippen LogP contribution in [0.2, 0.25) is 5.02 Å². The summed E-state index contributed by atoms with van der Waals surface area (Å²) < 4.78 is 0. The van der Waals surface area contributed by atoms with Crippen LogP contribution in [0, 0.1) is 0 Å². The Bertz CT molecular complexity index is 816. The highest BCUT2D eigenvalue weighted by Gasteiger charge is 2.39. The highest BCUT2D eigenvalue weighted by molar-refractivity contribution is 6.30. The van der Waals surface area contributed by atoms with Gasteiger partial charge in [-0.2, -0.15) is 4.90 Å². The second-order valence-corrected chi connectivity index (χ2v) is 5.16. The van der Waals surface area contributed by atoms with Gasteiger partial charge in [-0.05, 0) is 35.9 Å². The van der Waals surface area contributed by atoms with Gasteiger partial charge in [-0.15, -0.1) is 0 Å². The van der Waals surface area contributed by atoms with Crippen molar-refractivity contribution in [1.82, 2.24) is 15.2 Å². The van der Waals surface area contributed by atoms with Gasteiger partial charge in [0.05, 0.1) is 5.56 Å².